The zero-order valence-electron chi connectivity index (χ0n) is 9.40. The highest BCUT2D eigenvalue weighted by Gasteiger charge is 2.26. The Morgan fingerprint density at radius 2 is 2.20 bits per heavy atom. The van der Waals surface area contributed by atoms with E-state index in [2.05, 4.69) is 19.1 Å². The molecule has 2 atom stereocenters. The Morgan fingerprint density at radius 3 is 2.60 bits per heavy atom. The lowest BCUT2D eigenvalue weighted by atomic mass is 9.95. The fourth-order valence-electron chi connectivity index (χ4n) is 1.77. The van der Waals surface area contributed by atoms with Gasteiger partial charge >= 0.3 is 0 Å². The monoisotopic (exact) mass is 225 g/mol. The summed E-state index contributed by atoms with van der Waals surface area (Å²) in [6.45, 7) is 4.15. The summed E-state index contributed by atoms with van der Waals surface area (Å²) in [4.78, 5) is 2.60. The van der Waals surface area contributed by atoms with E-state index >= 15 is 0 Å². The van der Waals surface area contributed by atoms with Gasteiger partial charge in [-0.15, -0.1) is 11.3 Å². The topological polar surface area (TPSA) is 35.2 Å². The first-order chi connectivity index (χ1) is 7.16. The third-order valence-corrected chi connectivity index (χ3v) is 3.97. The van der Waals surface area contributed by atoms with Crippen molar-refractivity contribution in [1.82, 2.24) is 0 Å². The molecule has 84 valence electrons. The molecule has 2 N–H and O–H groups in total. The highest BCUT2D eigenvalue weighted by molar-refractivity contribution is 7.12. The van der Waals surface area contributed by atoms with Gasteiger partial charge in [0.05, 0.1) is 6.10 Å². The van der Waals surface area contributed by atoms with Gasteiger partial charge in [-0.05, 0) is 45.2 Å². The molecule has 1 heterocycles. The van der Waals surface area contributed by atoms with Crippen molar-refractivity contribution in [3.05, 3.63) is 21.9 Å². The molecule has 1 aliphatic carbocycles. The summed E-state index contributed by atoms with van der Waals surface area (Å²) in [7, 11) is 0. The molecule has 2 rings (SSSR count). The fraction of sp³-hybridized carbons (Fsp3) is 0.667. The molecule has 2 nitrogen and oxygen atoms in total. The molecular weight excluding hydrogens is 206 g/mol. The minimum atomic E-state index is 0.0728. The van der Waals surface area contributed by atoms with E-state index in [1.807, 2.05) is 6.92 Å². The molecule has 1 fully saturated rings. The smallest absolute Gasteiger partial charge is 0.107 e. The maximum Gasteiger partial charge on any atom is 0.107 e. The number of thiophene rings is 1. The van der Waals surface area contributed by atoms with E-state index in [4.69, 9.17) is 10.5 Å². The van der Waals surface area contributed by atoms with E-state index in [1.165, 1.54) is 29.0 Å². The summed E-state index contributed by atoms with van der Waals surface area (Å²) in [5.41, 5.74) is 5.99. The molecule has 0 bridgehead atoms. The van der Waals surface area contributed by atoms with E-state index in [0.717, 1.165) is 0 Å². The van der Waals surface area contributed by atoms with Crippen molar-refractivity contribution >= 4 is 11.3 Å². The lowest BCUT2D eigenvalue weighted by Gasteiger charge is -2.31. The van der Waals surface area contributed by atoms with Gasteiger partial charge in [-0.2, -0.15) is 0 Å². The predicted molar refractivity (Wildman–Crippen MR) is 64.2 cm³/mol. The summed E-state index contributed by atoms with van der Waals surface area (Å²) in [5.74, 6) is 0. The molecule has 0 radical (unpaired) electrons. The minimum Gasteiger partial charge on any atom is -0.368 e. The Balaban J connectivity index is 2.04. The normalized spacial score (nSPS) is 21.0. The van der Waals surface area contributed by atoms with Gasteiger partial charge < -0.3 is 10.5 Å². The molecule has 3 heteroatoms. The largest absolute Gasteiger partial charge is 0.368 e. The van der Waals surface area contributed by atoms with E-state index in [9.17, 15) is 0 Å². The van der Waals surface area contributed by atoms with Gasteiger partial charge in [0.1, 0.15) is 6.10 Å². The second-order valence-corrected chi connectivity index (χ2v) is 5.74. The lowest BCUT2D eigenvalue weighted by molar-refractivity contribution is -0.0595. The Hall–Kier alpha value is -0.380. The van der Waals surface area contributed by atoms with Crippen LogP contribution >= 0.6 is 11.3 Å². The fourth-order valence-corrected chi connectivity index (χ4v) is 2.80. The molecular formula is C12H19NOS. The van der Waals surface area contributed by atoms with Gasteiger partial charge in [0.2, 0.25) is 0 Å². The number of hydrogen-bond acceptors (Lipinski definition) is 3. The minimum absolute atomic E-state index is 0.0728. The van der Waals surface area contributed by atoms with Gasteiger partial charge in [-0.25, -0.2) is 0 Å². The highest BCUT2D eigenvalue weighted by atomic mass is 32.1. The van der Waals surface area contributed by atoms with E-state index < -0.39 is 0 Å². The van der Waals surface area contributed by atoms with Gasteiger partial charge in [0.25, 0.3) is 0 Å². The van der Waals surface area contributed by atoms with Crippen molar-refractivity contribution in [2.45, 2.75) is 51.4 Å². The SMILES string of the molecule is Cc1ccc(C(OC2CCC2)C(C)N)s1. The van der Waals surface area contributed by atoms with Crippen LogP contribution in [0.4, 0.5) is 0 Å². The number of hydrogen-bond donors (Lipinski definition) is 1. The average Bonchev–Trinajstić information content (AvgIpc) is 2.49. The molecule has 0 aromatic carbocycles. The van der Waals surface area contributed by atoms with Gasteiger partial charge in [0, 0.05) is 15.8 Å². The predicted octanol–water partition coefficient (Wildman–Crippen LogP) is 3.01. The molecule has 0 spiro atoms. The number of rotatable bonds is 4. The van der Waals surface area contributed by atoms with Crippen LogP contribution in [0.5, 0.6) is 0 Å². The summed E-state index contributed by atoms with van der Waals surface area (Å²) in [6.07, 6.45) is 4.25. The first-order valence-electron chi connectivity index (χ1n) is 5.64. The third-order valence-electron chi connectivity index (χ3n) is 2.91. The van der Waals surface area contributed by atoms with Crippen LogP contribution in [0.2, 0.25) is 0 Å². The number of ether oxygens (including phenoxy) is 1. The maximum absolute atomic E-state index is 6.03. The molecule has 0 saturated heterocycles. The summed E-state index contributed by atoms with van der Waals surface area (Å²) in [5, 5.41) is 0. The van der Waals surface area contributed by atoms with Gasteiger partial charge in [-0.1, -0.05) is 0 Å². The quantitative estimate of drug-likeness (QED) is 0.855. The number of aryl methyl sites for hydroxylation is 1. The first kappa shape index (κ1) is 11.1. The van der Waals surface area contributed by atoms with Crippen molar-refractivity contribution < 1.29 is 4.74 Å². The highest BCUT2D eigenvalue weighted by Crippen LogP contribution is 2.33. The van der Waals surface area contributed by atoms with Crippen LogP contribution in [0.25, 0.3) is 0 Å². The number of nitrogens with two attached hydrogens (primary N) is 1. The molecule has 1 aromatic heterocycles. The molecule has 0 aliphatic heterocycles. The molecule has 1 saturated carbocycles. The Bertz CT molecular complexity index is 317. The van der Waals surface area contributed by atoms with Crippen LogP contribution in [-0.2, 0) is 4.74 Å². The van der Waals surface area contributed by atoms with Gasteiger partial charge in [-0.3, -0.25) is 0 Å². The third kappa shape index (κ3) is 2.60. The Kier molecular flexibility index (Phi) is 3.44. The second kappa shape index (κ2) is 4.64. The van der Waals surface area contributed by atoms with Crippen molar-refractivity contribution in [2.75, 3.05) is 0 Å². The summed E-state index contributed by atoms with van der Waals surface area (Å²) >= 11 is 1.80. The van der Waals surface area contributed by atoms with E-state index in [1.54, 1.807) is 11.3 Å². The van der Waals surface area contributed by atoms with Crippen molar-refractivity contribution in [2.24, 2.45) is 5.73 Å². The Morgan fingerprint density at radius 1 is 1.47 bits per heavy atom. The van der Waals surface area contributed by atoms with Crippen LogP contribution in [-0.4, -0.2) is 12.1 Å². The van der Waals surface area contributed by atoms with E-state index in [0.29, 0.717) is 6.10 Å². The van der Waals surface area contributed by atoms with Crippen LogP contribution < -0.4 is 5.73 Å². The molecule has 0 amide bonds. The van der Waals surface area contributed by atoms with Crippen LogP contribution in [0.3, 0.4) is 0 Å². The lowest BCUT2D eigenvalue weighted by Crippen LogP contribution is -2.32. The van der Waals surface area contributed by atoms with Crippen molar-refractivity contribution in [1.29, 1.82) is 0 Å². The van der Waals surface area contributed by atoms with Crippen molar-refractivity contribution in [3.8, 4) is 0 Å². The first-order valence-corrected chi connectivity index (χ1v) is 6.46. The molecule has 2 unspecified atom stereocenters. The zero-order valence-corrected chi connectivity index (χ0v) is 10.2. The van der Waals surface area contributed by atoms with Crippen LogP contribution in [0.1, 0.15) is 42.0 Å². The molecule has 15 heavy (non-hydrogen) atoms. The molecule has 1 aliphatic rings. The van der Waals surface area contributed by atoms with Gasteiger partial charge in [0.15, 0.2) is 0 Å². The molecule has 1 aromatic rings. The van der Waals surface area contributed by atoms with Crippen molar-refractivity contribution in [3.63, 3.8) is 0 Å². The Labute approximate surface area is 95.4 Å². The summed E-state index contributed by atoms with van der Waals surface area (Å²) in [6, 6.07) is 4.36. The zero-order chi connectivity index (χ0) is 10.8. The average molecular weight is 225 g/mol. The standard InChI is InChI=1S/C12H19NOS/c1-8-6-7-11(15-8)12(9(2)13)14-10-4-3-5-10/h6-7,9-10,12H,3-5,13H2,1-2H3. The summed E-state index contributed by atoms with van der Waals surface area (Å²) < 4.78 is 6.03. The maximum atomic E-state index is 6.03. The van der Waals surface area contributed by atoms with Crippen LogP contribution in [0.15, 0.2) is 12.1 Å². The van der Waals surface area contributed by atoms with E-state index in [-0.39, 0.29) is 12.1 Å². The van der Waals surface area contributed by atoms with Crippen LogP contribution in [0, 0.1) is 6.92 Å². The second-order valence-electron chi connectivity index (χ2n) is 4.42.